The zero-order valence-corrected chi connectivity index (χ0v) is 13.7. The Labute approximate surface area is 134 Å². The third-order valence-electron chi connectivity index (χ3n) is 4.80. The van der Waals surface area contributed by atoms with Crippen molar-refractivity contribution < 1.29 is 22.0 Å². The maximum Gasteiger partial charge on any atom is 0.270 e. The van der Waals surface area contributed by atoms with Gasteiger partial charge in [0.1, 0.15) is 0 Å². The molecule has 1 aromatic rings. The predicted molar refractivity (Wildman–Crippen MR) is 82.3 cm³/mol. The molecular weight excluding hydrogens is 324 g/mol. The van der Waals surface area contributed by atoms with Gasteiger partial charge in [0, 0.05) is 30.6 Å². The lowest BCUT2D eigenvalue weighted by Gasteiger charge is -2.37. The molecule has 0 spiro atoms. The first-order valence-electron chi connectivity index (χ1n) is 7.71. The number of carbonyl (C=O) groups excluding carboxylic acids is 1. The third-order valence-corrected chi connectivity index (χ3v) is 7.02. The highest BCUT2D eigenvalue weighted by Gasteiger charge is 2.46. The molecule has 1 heterocycles. The molecule has 0 N–H and O–H groups in total. The first-order valence-corrected chi connectivity index (χ1v) is 9.42. The van der Waals surface area contributed by atoms with E-state index in [1.807, 2.05) is 0 Å². The minimum Gasteiger partial charge on any atom is -0.333 e. The standard InChI is InChI=1S/C16H19F2NO3S/c1-16(17,18)12-7-5-11(6-8-12)15(20)19-9-10-23(21,22)14-4-2-3-13(14)19/h5-8,13-14H,2-4,9-10H2,1H3/t13-,14+/m1/s1. The van der Waals surface area contributed by atoms with Gasteiger partial charge in [-0.15, -0.1) is 0 Å². The van der Waals surface area contributed by atoms with E-state index < -0.39 is 21.0 Å². The van der Waals surface area contributed by atoms with E-state index in [1.54, 1.807) is 4.90 Å². The van der Waals surface area contributed by atoms with Gasteiger partial charge in [0.25, 0.3) is 11.8 Å². The summed E-state index contributed by atoms with van der Waals surface area (Å²) in [5.74, 6) is -3.25. The first-order chi connectivity index (χ1) is 10.7. The van der Waals surface area contributed by atoms with Crippen LogP contribution in [-0.2, 0) is 15.8 Å². The van der Waals surface area contributed by atoms with Gasteiger partial charge in [0.05, 0.1) is 11.0 Å². The fraction of sp³-hybridized carbons (Fsp3) is 0.562. The van der Waals surface area contributed by atoms with Gasteiger partial charge < -0.3 is 4.90 Å². The molecular formula is C16H19F2NO3S. The molecule has 0 bridgehead atoms. The van der Waals surface area contributed by atoms with Crippen molar-refractivity contribution in [2.45, 2.75) is 43.4 Å². The molecule has 4 nitrogen and oxygen atoms in total. The number of halogens is 2. The van der Waals surface area contributed by atoms with Crippen molar-refractivity contribution in [1.82, 2.24) is 4.90 Å². The van der Waals surface area contributed by atoms with Gasteiger partial charge in [-0.05, 0) is 31.4 Å². The second-order valence-corrected chi connectivity index (χ2v) is 8.71. The zero-order chi connectivity index (χ0) is 16.8. The monoisotopic (exact) mass is 343 g/mol. The quantitative estimate of drug-likeness (QED) is 0.829. The van der Waals surface area contributed by atoms with Gasteiger partial charge in [-0.1, -0.05) is 12.1 Å². The summed E-state index contributed by atoms with van der Waals surface area (Å²) in [6.07, 6.45) is 2.07. The van der Waals surface area contributed by atoms with Gasteiger partial charge in [-0.25, -0.2) is 17.2 Å². The largest absolute Gasteiger partial charge is 0.333 e. The van der Waals surface area contributed by atoms with Crippen molar-refractivity contribution in [2.75, 3.05) is 12.3 Å². The summed E-state index contributed by atoms with van der Waals surface area (Å²) in [4.78, 5) is 14.3. The Hall–Kier alpha value is -1.50. The van der Waals surface area contributed by atoms with Crippen molar-refractivity contribution in [2.24, 2.45) is 0 Å². The number of sulfone groups is 1. The topological polar surface area (TPSA) is 54.5 Å². The molecule has 2 atom stereocenters. The van der Waals surface area contributed by atoms with Gasteiger partial charge in [-0.3, -0.25) is 4.79 Å². The summed E-state index contributed by atoms with van der Waals surface area (Å²) in [6, 6.07) is 5.00. The summed E-state index contributed by atoms with van der Waals surface area (Å²) in [7, 11) is -3.13. The molecule has 3 rings (SSSR count). The molecule has 1 amide bonds. The number of hydrogen-bond acceptors (Lipinski definition) is 3. The Bertz CT molecular complexity index is 710. The number of hydrogen-bond donors (Lipinski definition) is 0. The Morgan fingerprint density at radius 1 is 1.22 bits per heavy atom. The number of alkyl halides is 2. The second kappa shape index (κ2) is 5.54. The number of amides is 1. The van der Waals surface area contributed by atoms with Crippen molar-refractivity contribution in [1.29, 1.82) is 0 Å². The highest BCUT2D eigenvalue weighted by Crippen LogP contribution is 2.34. The van der Waals surface area contributed by atoms with Crippen molar-refractivity contribution in [3.63, 3.8) is 0 Å². The number of benzene rings is 1. The van der Waals surface area contributed by atoms with E-state index in [0.29, 0.717) is 18.4 Å². The van der Waals surface area contributed by atoms with Crippen LogP contribution >= 0.6 is 0 Å². The molecule has 1 aromatic carbocycles. The molecule has 23 heavy (non-hydrogen) atoms. The fourth-order valence-corrected chi connectivity index (χ4v) is 5.59. The number of rotatable bonds is 2. The van der Waals surface area contributed by atoms with E-state index in [4.69, 9.17) is 0 Å². The van der Waals surface area contributed by atoms with E-state index >= 15 is 0 Å². The highest BCUT2D eigenvalue weighted by atomic mass is 32.2. The predicted octanol–water partition coefficient (Wildman–Crippen LogP) is 2.59. The van der Waals surface area contributed by atoms with E-state index in [1.165, 1.54) is 24.3 Å². The fourth-order valence-electron chi connectivity index (χ4n) is 3.55. The highest BCUT2D eigenvalue weighted by molar-refractivity contribution is 7.92. The van der Waals surface area contributed by atoms with Crippen LogP contribution in [0.2, 0.25) is 0 Å². The molecule has 1 aliphatic heterocycles. The zero-order valence-electron chi connectivity index (χ0n) is 12.8. The Morgan fingerprint density at radius 3 is 2.48 bits per heavy atom. The van der Waals surface area contributed by atoms with Crippen LogP contribution in [0.5, 0.6) is 0 Å². The van der Waals surface area contributed by atoms with Crippen molar-refractivity contribution >= 4 is 15.7 Å². The summed E-state index contributed by atoms with van der Waals surface area (Å²) >= 11 is 0. The van der Waals surface area contributed by atoms with Crippen molar-refractivity contribution in [3.05, 3.63) is 35.4 Å². The van der Waals surface area contributed by atoms with Crippen LogP contribution in [0.1, 0.15) is 42.1 Å². The molecule has 126 valence electrons. The lowest BCUT2D eigenvalue weighted by molar-refractivity contribution is 0.0174. The van der Waals surface area contributed by atoms with E-state index in [9.17, 15) is 22.0 Å². The van der Waals surface area contributed by atoms with Gasteiger partial charge in [0.2, 0.25) is 0 Å². The molecule has 0 radical (unpaired) electrons. The lowest BCUT2D eigenvalue weighted by atomic mass is 10.1. The van der Waals surface area contributed by atoms with Crippen LogP contribution in [0, 0.1) is 0 Å². The van der Waals surface area contributed by atoms with Crippen LogP contribution in [-0.4, -0.2) is 42.8 Å². The van der Waals surface area contributed by atoms with Crippen LogP contribution in [0.25, 0.3) is 0 Å². The first kappa shape index (κ1) is 16.4. The van der Waals surface area contributed by atoms with Crippen molar-refractivity contribution in [3.8, 4) is 0 Å². The second-order valence-electron chi connectivity index (χ2n) is 6.37. The Balaban J connectivity index is 1.83. The smallest absolute Gasteiger partial charge is 0.270 e. The summed E-state index contributed by atoms with van der Waals surface area (Å²) in [6.45, 7) is 0.983. The minimum atomic E-state index is -3.13. The number of carbonyl (C=O) groups is 1. The molecule has 1 aliphatic carbocycles. The Kier molecular flexibility index (Phi) is 3.94. The van der Waals surface area contributed by atoms with Crippen LogP contribution in [0.15, 0.2) is 24.3 Å². The van der Waals surface area contributed by atoms with Gasteiger partial charge in [-0.2, -0.15) is 0 Å². The van der Waals surface area contributed by atoms with Crippen LogP contribution in [0.4, 0.5) is 8.78 Å². The molecule has 7 heteroatoms. The minimum absolute atomic E-state index is 0.0228. The normalized spacial score (nSPS) is 26.8. The van der Waals surface area contributed by atoms with Gasteiger partial charge >= 0.3 is 0 Å². The van der Waals surface area contributed by atoms with Crippen LogP contribution in [0.3, 0.4) is 0 Å². The molecule has 0 unspecified atom stereocenters. The maximum absolute atomic E-state index is 13.2. The number of nitrogens with zero attached hydrogens (tertiary/aromatic N) is 1. The molecule has 1 saturated carbocycles. The molecule has 1 saturated heterocycles. The summed E-state index contributed by atoms with van der Waals surface area (Å²) in [5.41, 5.74) is 0.178. The number of fused-ring (bicyclic) bond motifs is 1. The molecule has 2 aliphatic rings. The van der Waals surface area contributed by atoms with Gasteiger partial charge in [0.15, 0.2) is 9.84 Å². The lowest BCUT2D eigenvalue weighted by Crippen LogP contribution is -2.54. The summed E-state index contributed by atoms with van der Waals surface area (Å²) in [5, 5.41) is -0.473. The molecule has 0 aromatic heterocycles. The average molecular weight is 343 g/mol. The Morgan fingerprint density at radius 2 is 1.87 bits per heavy atom. The van der Waals surface area contributed by atoms with E-state index in [-0.39, 0.29) is 29.8 Å². The average Bonchev–Trinajstić information content (AvgIpc) is 2.97. The van der Waals surface area contributed by atoms with Crippen LogP contribution < -0.4 is 0 Å². The van der Waals surface area contributed by atoms with E-state index in [2.05, 4.69) is 0 Å². The summed E-state index contributed by atoms with van der Waals surface area (Å²) < 4.78 is 50.7. The SMILES string of the molecule is CC(F)(F)c1ccc(C(=O)N2CCS(=O)(=O)[C@H]3CCC[C@H]32)cc1. The van der Waals surface area contributed by atoms with E-state index in [0.717, 1.165) is 13.3 Å². The third kappa shape index (κ3) is 2.98. The molecule has 2 fully saturated rings. The maximum atomic E-state index is 13.2.